The smallest absolute Gasteiger partial charge is 0.138 e. The van der Waals surface area contributed by atoms with Crippen LogP contribution in [0.1, 0.15) is 25.0 Å². The molecule has 3 nitrogen and oxygen atoms in total. The first-order valence-electron chi connectivity index (χ1n) is 12.8. The molecule has 0 radical (unpaired) electrons. The summed E-state index contributed by atoms with van der Waals surface area (Å²) in [6.07, 6.45) is 2.23. The van der Waals surface area contributed by atoms with Crippen molar-refractivity contribution in [1.82, 2.24) is 14.1 Å². The molecule has 7 aromatic rings. The summed E-state index contributed by atoms with van der Waals surface area (Å²) in [4.78, 5) is 5.18. The molecular weight excluding hydrogens is 450 g/mol. The summed E-state index contributed by atoms with van der Waals surface area (Å²) >= 11 is 0. The van der Waals surface area contributed by atoms with Gasteiger partial charge < -0.3 is 4.57 Å². The van der Waals surface area contributed by atoms with Gasteiger partial charge in [-0.05, 0) is 47.5 Å². The van der Waals surface area contributed by atoms with Gasteiger partial charge in [-0.3, -0.25) is 4.57 Å². The Kier molecular flexibility index (Phi) is 4.00. The molecule has 0 unspecified atom stereocenters. The van der Waals surface area contributed by atoms with Crippen LogP contribution >= 0.6 is 0 Å². The Morgan fingerprint density at radius 3 is 2.30 bits per heavy atom. The van der Waals surface area contributed by atoms with E-state index in [4.69, 9.17) is 4.98 Å². The minimum atomic E-state index is -0.105. The third-order valence-electron chi connectivity index (χ3n) is 8.14. The van der Waals surface area contributed by atoms with Crippen LogP contribution in [-0.4, -0.2) is 14.1 Å². The molecule has 0 spiro atoms. The zero-order chi connectivity index (χ0) is 24.7. The summed E-state index contributed by atoms with van der Waals surface area (Å²) in [5.41, 5.74) is 9.67. The van der Waals surface area contributed by atoms with Crippen LogP contribution in [0.3, 0.4) is 0 Å². The second-order valence-corrected chi connectivity index (χ2v) is 10.5. The molecule has 37 heavy (non-hydrogen) atoms. The summed E-state index contributed by atoms with van der Waals surface area (Å²) in [5, 5.41) is 3.79. The standard InChI is InChI=1S/C34H25N3/c1-34(2)26-14-7-9-17-30(26)36-20-19-24-32-25(21-27(34)33(24)36)23-13-6-8-16-29(23)37(32)31-18-10-15-28(35-31)22-11-4-3-5-12-22/h3-21H,1-2H3. The van der Waals surface area contributed by atoms with E-state index in [1.165, 1.54) is 49.5 Å². The highest BCUT2D eigenvalue weighted by Gasteiger charge is 2.35. The topological polar surface area (TPSA) is 22.8 Å². The third-order valence-corrected chi connectivity index (χ3v) is 8.14. The molecule has 0 atom stereocenters. The molecule has 0 N–H and O–H groups in total. The van der Waals surface area contributed by atoms with E-state index in [2.05, 4.69) is 132 Å². The highest BCUT2D eigenvalue weighted by Crippen LogP contribution is 2.48. The monoisotopic (exact) mass is 475 g/mol. The van der Waals surface area contributed by atoms with Crippen molar-refractivity contribution in [2.24, 2.45) is 0 Å². The van der Waals surface area contributed by atoms with Crippen LogP contribution in [0.25, 0.3) is 55.5 Å². The minimum absolute atomic E-state index is 0.105. The number of pyridine rings is 1. The summed E-state index contributed by atoms with van der Waals surface area (Å²) in [7, 11) is 0. The molecule has 1 aliphatic rings. The van der Waals surface area contributed by atoms with Crippen molar-refractivity contribution in [2.75, 3.05) is 0 Å². The number of benzene rings is 4. The first kappa shape index (κ1) is 20.6. The van der Waals surface area contributed by atoms with E-state index in [1.807, 2.05) is 6.07 Å². The van der Waals surface area contributed by atoms with Gasteiger partial charge in [-0.15, -0.1) is 0 Å². The van der Waals surface area contributed by atoms with E-state index in [-0.39, 0.29) is 5.41 Å². The van der Waals surface area contributed by atoms with Gasteiger partial charge in [0.15, 0.2) is 0 Å². The third kappa shape index (κ3) is 2.69. The fraction of sp³-hybridized carbons (Fsp3) is 0.0882. The predicted octanol–water partition coefficient (Wildman–Crippen LogP) is 8.43. The SMILES string of the molecule is CC1(C)c2ccccc2-n2ccc3c2c1cc1c2ccccc2n(-c2cccc(-c4ccccc4)n2)c13. The molecule has 3 heteroatoms. The van der Waals surface area contributed by atoms with Crippen LogP contribution in [-0.2, 0) is 5.41 Å². The molecule has 0 saturated carbocycles. The Labute approximate surface area is 215 Å². The summed E-state index contributed by atoms with van der Waals surface area (Å²) < 4.78 is 4.73. The second-order valence-electron chi connectivity index (χ2n) is 10.5. The van der Waals surface area contributed by atoms with E-state index in [0.717, 1.165) is 17.1 Å². The molecule has 3 aromatic heterocycles. The van der Waals surface area contributed by atoms with E-state index in [1.54, 1.807) is 0 Å². The van der Waals surface area contributed by atoms with Crippen molar-refractivity contribution in [3.05, 3.63) is 127 Å². The van der Waals surface area contributed by atoms with Crippen molar-refractivity contribution in [3.8, 4) is 22.8 Å². The van der Waals surface area contributed by atoms with Gasteiger partial charge in [0.25, 0.3) is 0 Å². The number of rotatable bonds is 2. The molecule has 4 heterocycles. The van der Waals surface area contributed by atoms with E-state index in [9.17, 15) is 0 Å². The van der Waals surface area contributed by atoms with Crippen LogP contribution in [0.15, 0.2) is 115 Å². The molecule has 0 bridgehead atoms. The fourth-order valence-electron chi connectivity index (χ4n) is 6.38. The number of nitrogens with zero attached hydrogens (tertiary/aromatic N) is 3. The number of para-hydroxylation sites is 2. The molecule has 0 saturated heterocycles. The molecule has 0 fully saturated rings. The minimum Gasteiger partial charge on any atom is -0.316 e. The van der Waals surface area contributed by atoms with Gasteiger partial charge in [0.1, 0.15) is 5.82 Å². The van der Waals surface area contributed by atoms with Gasteiger partial charge in [0.05, 0.1) is 22.2 Å². The van der Waals surface area contributed by atoms with Crippen molar-refractivity contribution >= 4 is 32.7 Å². The first-order valence-corrected chi connectivity index (χ1v) is 12.8. The van der Waals surface area contributed by atoms with E-state index in [0.29, 0.717) is 0 Å². The summed E-state index contributed by atoms with van der Waals surface area (Å²) in [6, 6.07) is 39.0. The van der Waals surface area contributed by atoms with Crippen LogP contribution in [0.5, 0.6) is 0 Å². The quantitative estimate of drug-likeness (QED) is 0.246. The van der Waals surface area contributed by atoms with Crippen LogP contribution in [0.4, 0.5) is 0 Å². The van der Waals surface area contributed by atoms with E-state index < -0.39 is 0 Å². The average molecular weight is 476 g/mol. The van der Waals surface area contributed by atoms with E-state index >= 15 is 0 Å². The molecule has 176 valence electrons. The Hall–Kier alpha value is -4.63. The lowest BCUT2D eigenvalue weighted by Gasteiger charge is -2.34. The Bertz CT molecular complexity index is 2000. The normalized spacial score (nSPS) is 13.9. The van der Waals surface area contributed by atoms with Crippen molar-refractivity contribution < 1.29 is 0 Å². The average Bonchev–Trinajstić information content (AvgIpc) is 3.53. The molecule has 4 aromatic carbocycles. The number of hydrogen-bond acceptors (Lipinski definition) is 1. The predicted molar refractivity (Wildman–Crippen MR) is 153 cm³/mol. The second kappa shape index (κ2) is 7.21. The largest absolute Gasteiger partial charge is 0.316 e. The molecule has 0 amide bonds. The Morgan fingerprint density at radius 1 is 0.622 bits per heavy atom. The van der Waals surface area contributed by atoms with Gasteiger partial charge in [0.2, 0.25) is 0 Å². The maximum Gasteiger partial charge on any atom is 0.138 e. The van der Waals surface area contributed by atoms with Crippen LogP contribution < -0.4 is 0 Å². The number of fused-ring (bicyclic) bond motifs is 6. The summed E-state index contributed by atoms with van der Waals surface area (Å²) in [6.45, 7) is 4.71. The highest BCUT2D eigenvalue weighted by atomic mass is 15.1. The van der Waals surface area contributed by atoms with Crippen molar-refractivity contribution in [3.63, 3.8) is 0 Å². The number of hydrogen-bond donors (Lipinski definition) is 0. The van der Waals surface area contributed by atoms with Gasteiger partial charge in [-0.25, -0.2) is 4.98 Å². The van der Waals surface area contributed by atoms with Crippen LogP contribution in [0.2, 0.25) is 0 Å². The highest BCUT2D eigenvalue weighted by molar-refractivity contribution is 6.19. The van der Waals surface area contributed by atoms with Gasteiger partial charge in [0, 0.05) is 39.0 Å². The van der Waals surface area contributed by atoms with Gasteiger partial charge in [-0.2, -0.15) is 0 Å². The molecule has 0 aliphatic carbocycles. The van der Waals surface area contributed by atoms with Gasteiger partial charge in [-0.1, -0.05) is 86.6 Å². The fourth-order valence-corrected chi connectivity index (χ4v) is 6.38. The van der Waals surface area contributed by atoms with Crippen molar-refractivity contribution in [1.29, 1.82) is 0 Å². The molecule has 1 aliphatic heterocycles. The Balaban J connectivity index is 1.52. The summed E-state index contributed by atoms with van der Waals surface area (Å²) in [5.74, 6) is 0.936. The maximum atomic E-state index is 5.18. The number of aromatic nitrogens is 3. The van der Waals surface area contributed by atoms with Gasteiger partial charge >= 0.3 is 0 Å². The zero-order valence-electron chi connectivity index (χ0n) is 20.8. The Morgan fingerprint density at radius 2 is 1.41 bits per heavy atom. The lowest BCUT2D eigenvalue weighted by atomic mass is 9.74. The molecular formula is C34H25N3. The lowest BCUT2D eigenvalue weighted by Crippen LogP contribution is -2.26. The van der Waals surface area contributed by atoms with Crippen LogP contribution in [0, 0.1) is 0 Å². The first-order chi connectivity index (χ1) is 18.1. The molecule has 8 rings (SSSR count). The maximum absolute atomic E-state index is 5.18. The van der Waals surface area contributed by atoms with Crippen molar-refractivity contribution in [2.45, 2.75) is 19.3 Å². The lowest BCUT2D eigenvalue weighted by molar-refractivity contribution is 0.629. The zero-order valence-corrected chi connectivity index (χ0v) is 20.8.